The average Bonchev–Trinajstić information content (AvgIpc) is 2.56. The first kappa shape index (κ1) is 17.2. The van der Waals surface area contributed by atoms with Crippen molar-refractivity contribution in [3.63, 3.8) is 0 Å². The van der Waals surface area contributed by atoms with Crippen LogP contribution in [0.4, 0.5) is 5.69 Å². The Morgan fingerprint density at radius 3 is 2.48 bits per heavy atom. The Hall–Kier alpha value is -2.17. The van der Waals surface area contributed by atoms with E-state index in [-0.39, 0.29) is 25.1 Å². The predicted octanol–water partition coefficient (Wildman–Crippen LogP) is 2.96. The zero-order valence-corrected chi connectivity index (χ0v) is 13.7. The molecule has 4 nitrogen and oxygen atoms in total. The molecule has 0 bridgehead atoms. The first-order valence-electron chi connectivity index (χ1n) is 7.86. The summed E-state index contributed by atoms with van der Waals surface area (Å²) < 4.78 is 0. The number of anilines is 1. The molecule has 0 saturated heterocycles. The second-order valence-corrected chi connectivity index (χ2v) is 5.70. The fraction of sp³-hybridized carbons (Fsp3) is 0.316. The number of amides is 1. The Morgan fingerprint density at radius 1 is 1.09 bits per heavy atom. The summed E-state index contributed by atoms with van der Waals surface area (Å²) in [4.78, 5) is 12.1. The number of hydrogen-bond acceptors (Lipinski definition) is 3. The van der Waals surface area contributed by atoms with Crippen LogP contribution in [0.25, 0.3) is 0 Å². The maximum atomic E-state index is 12.1. The lowest BCUT2D eigenvalue weighted by Crippen LogP contribution is -2.31. The van der Waals surface area contributed by atoms with E-state index in [9.17, 15) is 9.90 Å². The highest BCUT2D eigenvalue weighted by atomic mass is 16.3. The van der Waals surface area contributed by atoms with Crippen molar-refractivity contribution in [2.75, 3.05) is 18.5 Å². The minimum Gasteiger partial charge on any atom is -0.396 e. The molecule has 3 N–H and O–H groups in total. The summed E-state index contributed by atoms with van der Waals surface area (Å²) in [5, 5.41) is 15.3. The molecule has 0 spiro atoms. The van der Waals surface area contributed by atoms with Crippen molar-refractivity contribution in [2.24, 2.45) is 0 Å². The van der Waals surface area contributed by atoms with Crippen molar-refractivity contribution in [2.45, 2.75) is 26.3 Å². The molecule has 4 heteroatoms. The van der Waals surface area contributed by atoms with Gasteiger partial charge < -0.3 is 15.7 Å². The van der Waals surface area contributed by atoms with E-state index in [2.05, 4.69) is 10.6 Å². The minimum atomic E-state index is -0.0906. The number of benzene rings is 2. The van der Waals surface area contributed by atoms with Gasteiger partial charge in [0.25, 0.3) is 0 Å². The van der Waals surface area contributed by atoms with Gasteiger partial charge in [-0.1, -0.05) is 36.4 Å². The van der Waals surface area contributed by atoms with Crippen LogP contribution in [0.1, 0.15) is 29.2 Å². The molecule has 0 saturated carbocycles. The van der Waals surface area contributed by atoms with Gasteiger partial charge in [0.2, 0.25) is 5.91 Å². The lowest BCUT2D eigenvalue weighted by atomic mass is 10.0. The Bertz CT molecular complexity index is 641. The Balaban J connectivity index is 1.92. The van der Waals surface area contributed by atoms with E-state index in [1.165, 1.54) is 5.56 Å². The second kappa shape index (κ2) is 8.46. The predicted molar refractivity (Wildman–Crippen MR) is 93.4 cm³/mol. The number of aliphatic hydroxyl groups excluding tert-OH is 1. The molecule has 0 radical (unpaired) electrons. The number of aryl methyl sites for hydroxylation is 2. The number of nitrogens with one attached hydrogen (secondary N) is 2. The summed E-state index contributed by atoms with van der Waals surface area (Å²) in [7, 11) is 0. The van der Waals surface area contributed by atoms with Crippen molar-refractivity contribution in [3.05, 3.63) is 65.2 Å². The first-order valence-corrected chi connectivity index (χ1v) is 7.86. The van der Waals surface area contributed by atoms with Gasteiger partial charge in [0.05, 0.1) is 6.54 Å². The first-order chi connectivity index (χ1) is 11.1. The third kappa shape index (κ3) is 5.20. The van der Waals surface area contributed by atoms with Crippen molar-refractivity contribution >= 4 is 11.6 Å². The number of carbonyl (C=O) groups excluding carboxylic acids is 1. The zero-order valence-electron chi connectivity index (χ0n) is 13.7. The standard InChI is InChI=1S/C19H24N2O2/c1-14-8-9-17(12-15(14)2)21-19(23)13-20-18(10-11-22)16-6-4-3-5-7-16/h3-9,12,18,20,22H,10-11,13H2,1-2H3,(H,21,23). The van der Waals surface area contributed by atoms with Gasteiger partial charge in [-0.05, 0) is 49.1 Å². The van der Waals surface area contributed by atoms with Crippen molar-refractivity contribution < 1.29 is 9.90 Å². The molecule has 1 amide bonds. The van der Waals surface area contributed by atoms with Gasteiger partial charge in [0, 0.05) is 18.3 Å². The van der Waals surface area contributed by atoms with Crippen LogP contribution in [-0.2, 0) is 4.79 Å². The average molecular weight is 312 g/mol. The Morgan fingerprint density at radius 2 is 1.83 bits per heavy atom. The highest BCUT2D eigenvalue weighted by Crippen LogP contribution is 2.16. The molecule has 1 unspecified atom stereocenters. The molecule has 2 rings (SSSR count). The van der Waals surface area contributed by atoms with E-state index >= 15 is 0 Å². The summed E-state index contributed by atoms with van der Waals surface area (Å²) in [5.41, 5.74) is 4.23. The highest BCUT2D eigenvalue weighted by molar-refractivity contribution is 5.92. The van der Waals surface area contributed by atoms with Crippen LogP contribution in [0.15, 0.2) is 48.5 Å². The molecule has 0 aromatic heterocycles. The molecule has 23 heavy (non-hydrogen) atoms. The number of rotatable bonds is 7. The van der Waals surface area contributed by atoms with Crippen molar-refractivity contribution in [1.82, 2.24) is 5.32 Å². The van der Waals surface area contributed by atoms with E-state index in [0.717, 1.165) is 16.8 Å². The van der Waals surface area contributed by atoms with Gasteiger partial charge >= 0.3 is 0 Å². The summed E-state index contributed by atoms with van der Waals surface area (Å²) in [6.45, 7) is 4.34. The van der Waals surface area contributed by atoms with Gasteiger partial charge in [0.1, 0.15) is 0 Å². The molecule has 122 valence electrons. The fourth-order valence-corrected chi connectivity index (χ4v) is 2.44. The molecule has 0 aliphatic heterocycles. The quantitative estimate of drug-likeness (QED) is 0.736. The number of aliphatic hydroxyl groups is 1. The smallest absolute Gasteiger partial charge is 0.238 e. The summed E-state index contributed by atoms with van der Waals surface area (Å²) in [6, 6.07) is 15.7. The Labute approximate surface area is 137 Å². The third-order valence-corrected chi connectivity index (χ3v) is 3.92. The van der Waals surface area contributed by atoms with E-state index in [1.807, 2.05) is 62.4 Å². The largest absolute Gasteiger partial charge is 0.396 e. The van der Waals surface area contributed by atoms with Crippen LogP contribution in [0, 0.1) is 13.8 Å². The molecule has 2 aromatic carbocycles. The van der Waals surface area contributed by atoms with Crippen LogP contribution in [-0.4, -0.2) is 24.2 Å². The topological polar surface area (TPSA) is 61.4 Å². The van der Waals surface area contributed by atoms with Gasteiger partial charge in [-0.15, -0.1) is 0 Å². The molecule has 2 aromatic rings. The lowest BCUT2D eigenvalue weighted by Gasteiger charge is -2.18. The van der Waals surface area contributed by atoms with Crippen LogP contribution in [0.3, 0.4) is 0 Å². The highest BCUT2D eigenvalue weighted by Gasteiger charge is 2.12. The molecule has 0 fully saturated rings. The lowest BCUT2D eigenvalue weighted by molar-refractivity contribution is -0.115. The van der Waals surface area contributed by atoms with Crippen LogP contribution in [0.5, 0.6) is 0 Å². The third-order valence-electron chi connectivity index (χ3n) is 3.92. The molecular weight excluding hydrogens is 288 g/mol. The monoisotopic (exact) mass is 312 g/mol. The second-order valence-electron chi connectivity index (χ2n) is 5.70. The van der Waals surface area contributed by atoms with Crippen molar-refractivity contribution in [3.8, 4) is 0 Å². The normalized spacial score (nSPS) is 12.0. The van der Waals surface area contributed by atoms with Gasteiger partial charge in [-0.2, -0.15) is 0 Å². The molecule has 0 aliphatic carbocycles. The van der Waals surface area contributed by atoms with E-state index in [1.54, 1.807) is 0 Å². The van der Waals surface area contributed by atoms with Gasteiger partial charge in [0.15, 0.2) is 0 Å². The maximum absolute atomic E-state index is 12.1. The summed E-state index contributed by atoms with van der Waals surface area (Å²) in [5.74, 6) is -0.0906. The Kier molecular flexibility index (Phi) is 6.32. The van der Waals surface area contributed by atoms with Crippen LogP contribution < -0.4 is 10.6 Å². The van der Waals surface area contributed by atoms with Crippen LogP contribution in [0.2, 0.25) is 0 Å². The summed E-state index contributed by atoms with van der Waals surface area (Å²) >= 11 is 0. The fourth-order valence-electron chi connectivity index (χ4n) is 2.44. The molecular formula is C19H24N2O2. The number of carbonyl (C=O) groups is 1. The van der Waals surface area contributed by atoms with Crippen LogP contribution >= 0.6 is 0 Å². The van der Waals surface area contributed by atoms with Crippen molar-refractivity contribution in [1.29, 1.82) is 0 Å². The van der Waals surface area contributed by atoms with E-state index in [4.69, 9.17) is 0 Å². The SMILES string of the molecule is Cc1ccc(NC(=O)CNC(CCO)c2ccccc2)cc1C. The molecule has 0 heterocycles. The molecule has 0 aliphatic rings. The summed E-state index contributed by atoms with van der Waals surface area (Å²) in [6.07, 6.45) is 0.570. The maximum Gasteiger partial charge on any atom is 0.238 e. The zero-order chi connectivity index (χ0) is 16.7. The van der Waals surface area contributed by atoms with Gasteiger partial charge in [-0.25, -0.2) is 0 Å². The molecule has 1 atom stereocenters. The van der Waals surface area contributed by atoms with E-state index in [0.29, 0.717) is 6.42 Å². The minimum absolute atomic E-state index is 0.0355. The number of hydrogen-bond donors (Lipinski definition) is 3. The van der Waals surface area contributed by atoms with E-state index < -0.39 is 0 Å². The van der Waals surface area contributed by atoms with Gasteiger partial charge in [-0.3, -0.25) is 4.79 Å².